The lowest BCUT2D eigenvalue weighted by Gasteiger charge is -2.57. The van der Waals surface area contributed by atoms with E-state index in [0.29, 0.717) is 6.04 Å². The fraction of sp³-hybridized carbons (Fsp3) is 0.429. The number of hydrogen-bond acceptors (Lipinski definition) is 1. The van der Waals surface area contributed by atoms with E-state index in [-0.39, 0.29) is 0 Å². The number of likely N-dealkylation sites (N-methyl/N-ethyl adjacent to an activating group) is 1. The molecule has 0 N–H and O–H groups in total. The van der Waals surface area contributed by atoms with E-state index in [1.54, 1.807) is 0 Å². The van der Waals surface area contributed by atoms with Gasteiger partial charge in [0.05, 0.1) is 32.7 Å². The Bertz CT molecular complexity index is 639. The van der Waals surface area contributed by atoms with Crippen LogP contribution in [0.5, 0.6) is 0 Å². The Morgan fingerprint density at radius 3 is 2.13 bits per heavy atom. The third kappa shape index (κ3) is 3.06. The van der Waals surface area contributed by atoms with Gasteiger partial charge in [0.25, 0.3) is 0 Å². The van der Waals surface area contributed by atoms with Gasteiger partial charge in [0.1, 0.15) is 6.04 Å². The minimum Gasteiger partial charge on any atom is -0.320 e. The molecule has 5 rings (SSSR count). The van der Waals surface area contributed by atoms with E-state index in [4.69, 9.17) is 0 Å². The summed E-state index contributed by atoms with van der Waals surface area (Å²) in [6.07, 6.45) is 2.42. The van der Waals surface area contributed by atoms with Crippen LogP contribution in [0.1, 0.15) is 11.1 Å². The number of fused-ring (bicyclic) bond motifs is 3. The lowest BCUT2D eigenvalue weighted by molar-refractivity contribution is -0.950. The molecule has 2 bridgehead atoms. The van der Waals surface area contributed by atoms with E-state index in [2.05, 4.69) is 72.6 Å². The quantitative estimate of drug-likeness (QED) is 0.785. The van der Waals surface area contributed by atoms with E-state index in [1.165, 1.54) is 54.6 Å². The van der Waals surface area contributed by atoms with Gasteiger partial charge in [-0.15, -0.1) is 0 Å². The molecule has 2 aromatic carbocycles. The standard InChI is InChI=1S/C21H27N2/c1-23-13-12-22(16-21(23)15-19-10-6-3-7-11-19)20(17-23)14-18-8-4-2-5-9-18/h2-11,20-21H,12-17H2,1H3/q+1. The molecule has 120 valence electrons. The molecular formula is C21H27N2+. The predicted molar refractivity (Wildman–Crippen MR) is 95.4 cm³/mol. The number of quaternary nitrogens is 1. The zero-order valence-corrected chi connectivity index (χ0v) is 14.1. The van der Waals surface area contributed by atoms with Gasteiger partial charge in [-0.2, -0.15) is 0 Å². The van der Waals surface area contributed by atoms with Gasteiger partial charge in [-0.25, -0.2) is 0 Å². The Morgan fingerprint density at radius 1 is 0.913 bits per heavy atom. The summed E-state index contributed by atoms with van der Waals surface area (Å²) in [5, 5.41) is 0. The summed E-state index contributed by atoms with van der Waals surface area (Å²) in [6, 6.07) is 23.5. The first kappa shape index (κ1) is 14.9. The lowest BCUT2D eigenvalue weighted by Crippen LogP contribution is -2.74. The van der Waals surface area contributed by atoms with Crippen molar-refractivity contribution in [2.75, 3.05) is 33.2 Å². The largest absolute Gasteiger partial charge is 0.320 e. The molecule has 23 heavy (non-hydrogen) atoms. The van der Waals surface area contributed by atoms with Gasteiger partial charge < -0.3 is 4.48 Å². The maximum atomic E-state index is 2.75. The minimum atomic E-state index is 0.711. The molecule has 2 aromatic rings. The number of piperazine rings is 3. The lowest BCUT2D eigenvalue weighted by atomic mass is 9.91. The molecule has 0 amide bonds. The van der Waals surface area contributed by atoms with E-state index < -0.39 is 0 Å². The highest BCUT2D eigenvalue weighted by Crippen LogP contribution is 2.30. The van der Waals surface area contributed by atoms with E-state index >= 15 is 0 Å². The summed E-state index contributed by atoms with van der Waals surface area (Å²) in [5.74, 6) is 0. The summed E-state index contributed by atoms with van der Waals surface area (Å²) in [4.78, 5) is 2.75. The SMILES string of the molecule is C[N+]12CCN(CC1Cc1ccccc1)C(Cc1ccccc1)C2. The van der Waals surface area contributed by atoms with Crippen LogP contribution >= 0.6 is 0 Å². The Hall–Kier alpha value is -1.64. The smallest absolute Gasteiger partial charge is 0.106 e. The highest BCUT2D eigenvalue weighted by atomic mass is 15.5. The molecule has 0 saturated carbocycles. The molecular weight excluding hydrogens is 280 g/mol. The molecule has 4 atom stereocenters. The van der Waals surface area contributed by atoms with Crippen molar-refractivity contribution in [3.63, 3.8) is 0 Å². The second kappa shape index (κ2) is 6.10. The van der Waals surface area contributed by atoms with Gasteiger partial charge in [-0.1, -0.05) is 60.7 Å². The van der Waals surface area contributed by atoms with Crippen molar-refractivity contribution in [3.8, 4) is 0 Å². The zero-order chi connectivity index (χ0) is 15.7. The molecule has 3 aliphatic rings. The summed E-state index contributed by atoms with van der Waals surface area (Å²) < 4.78 is 1.25. The maximum Gasteiger partial charge on any atom is 0.106 e. The van der Waals surface area contributed by atoms with Crippen LogP contribution in [0.15, 0.2) is 60.7 Å². The van der Waals surface area contributed by atoms with E-state index in [0.717, 1.165) is 6.04 Å². The fourth-order valence-corrected chi connectivity index (χ4v) is 4.52. The van der Waals surface area contributed by atoms with Gasteiger partial charge in [-0.3, -0.25) is 4.90 Å². The second-order valence-corrected chi connectivity index (χ2v) is 7.57. The van der Waals surface area contributed by atoms with Crippen LogP contribution in [0.3, 0.4) is 0 Å². The van der Waals surface area contributed by atoms with E-state index in [9.17, 15) is 0 Å². The van der Waals surface area contributed by atoms with Crippen molar-refractivity contribution in [2.45, 2.75) is 24.9 Å². The molecule has 3 heterocycles. The number of hydrogen-bond donors (Lipinski definition) is 0. The third-order valence-electron chi connectivity index (χ3n) is 6.00. The van der Waals surface area contributed by atoms with Gasteiger partial charge >= 0.3 is 0 Å². The molecule has 0 spiro atoms. The Kier molecular flexibility index (Phi) is 3.96. The van der Waals surface area contributed by atoms with Crippen LogP contribution in [0, 0.1) is 0 Å². The number of rotatable bonds is 4. The van der Waals surface area contributed by atoms with Crippen molar-refractivity contribution < 1.29 is 4.48 Å². The molecule has 3 aliphatic heterocycles. The van der Waals surface area contributed by atoms with Crippen LogP contribution in [-0.2, 0) is 12.8 Å². The van der Waals surface area contributed by atoms with Crippen LogP contribution < -0.4 is 0 Å². The second-order valence-electron chi connectivity index (χ2n) is 7.57. The zero-order valence-electron chi connectivity index (χ0n) is 14.1. The van der Waals surface area contributed by atoms with Crippen LogP contribution in [0.4, 0.5) is 0 Å². The number of nitrogens with zero attached hydrogens (tertiary/aromatic N) is 2. The molecule has 2 nitrogen and oxygen atoms in total. The predicted octanol–water partition coefficient (Wildman–Crippen LogP) is 2.98. The summed E-state index contributed by atoms with van der Waals surface area (Å²) in [7, 11) is 2.49. The normalized spacial score (nSPS) is 32.8. The highest BCUT2D eigenvalue weighted by molar-refractivity contribution is 5.18. The summed E-state index contributed by atoms with van der Waals surface area (Å²) >= 11 is 0. The molecule has 4 unspecified atom stereocenters. The average molecular weight is 307 g/mol. The molecule has 2 heteroatoms. The maximum absolute atomic E-state index is 2.75. The average Bonchev–Trinajstić information content (AvgIpc) is 2.58. The van der Waals surface area contributed by atoms with Crippen molar-refractivity contribution in [3.05, 3.63) is 71.8 Å². The van der Waals surface area contributed by atoms with Crippen LogP contribution in [-0.4, -0.2) is 54.7 Å². The van der Waals surface area contributed by atoms with Gasteiger partial charge in [0, 0.05) is 13.0 Å². The van der Waals surface area contributed by atoms with Crippen molar-refractivity contribution in [2.24, 2.45) is 0 Å². The van der Waals surface area contributed by atoms with Crippen LogP contribution in [0.25, 0.3) is 0 Å². The first-order valence-electron chi connectivity index (χ1n) is 8.89. The fourth-order valence-electron chi connectivity index (χ4n) is 4.52. The van der Waals surface area contributed by atoms with Crippen molar-refractivity contribution >= 4 is 0 Å². The highest BCUT2D eigenvalue weighted by Gasteiger charge is 2.47. The first-order valence-corrected chi connectivity index (χ1v) is 8.89. The molecule has 0 radical (unpaired) electrons. The molecule has 3 fully saturated rings. The third-order valence-corrected chi connectivity index (χ3v) is 6.00. The van der Waals surface area contributed by atoms with Crippen molar-refractivity contribution in [1.29, 1.82) is 0 Å². The number of benzene rings is 2. The first-order chi connectivity index (χ1) is 11.2. The van der Waals surface area contributed by atoms with Crippen molar-refractivity contribution in [1.82, 2.24) is 4.90 Å². The molecule has 0 aromatic heterocycles. The Labute approximate surface area is 139 Å². The Morgan fingerprint density at radius 2 is 1.52 bits per heavy atom. The van der Waals surface area contributed by atoms with Gasteiger partial charge in [-0.05, 0) is 17.5 Å². The monoisotopic (exact) mass is 307 g/mol. The molecule has 0 aliphatic carbocycles. The minimum absolute atomic E-state index is 0.711. The van der Waals surface area contributed by atoms with Gasteiger partial charge in [0.2, 0.25) is 0 Å². The van der Waals surface area contributed by atoms with Gasteiger partial charge in [0.15, 0.2) is 0 Å². The topological polar surface area (TPSA) is 3.24 Å². The Balaban J connectivity index is 1.47. The summed E-state index contributed by atoms with van der Waals surface area (Å²) in [6.45, 7) is 5.12. The summed E-state index contributed by atoms with van der Waals surface area (Å²) in [5.41, 5.74) is 2.97. The molecule has 3 saturated heterocycles. The van der Waals surface area contributed by atoms with E-state index in [1.807, 2.05) is 0 Å². The van der Waals surface area contributed by atoms with Crippen LogP contribution in [0.2, 0.25) is 0 Å².